The Bertz CT molecular complexity index is 282. The lowest BCUT2D eigenvalue weighted by Gasteiger charge is -2.31. The van der Waals surface area contributed by atoms with Crippen molar-refractivity contribution >= 4 is 5.71 Å². The third-order valence-corrected chi connectivity index (χ3v) is 2.28. The van der Waals surface area contributed by atoms with E-state index in [4.69, 9.17) is 0 Å². The second-order valence-electron chi connectivity index (χ2n) is 5.98. The number of aliphatic imine (C=N–C) groups is 1. The predicted molar refractivity (Wildman–Crippen MR) is 74.8 cm³/mol. The van der Waals surface area contributed by atoms with Crippen LogP contribution >= 0.6 is 0 Å². The molecule has 90 valence electrons. The average molecular weight is 219 g/mol. The molecule has 0 heterocycles. The number of allylic oxidation sites excluding steroid dienone is 3. The Hall–Kier alpha value is -1.11. The smallest absolute Gasteiger partial charge is 0.0494 e. The van der Waals surface area contributed by atoms with Gasteiger partial charge in [0, 0.05) is 17.3 Å². The Kier molecular flexibility index (Phi) is 4.92. The fraction of sp³-hybridized carbons (Fsp3) is 0.533. The van der Waals surface area contributed by atoms with E-state index in [1.54, 1.807) is 6.20 Å². The van der Waals surface area contributed by atoms with Crippen molar-refractivity contribution in [3.63, 3.8) is 0 Å². The first-order valence-electron chi connectivity index (χ1n) is 5.67. The topological polar surface area (TPSA) is 12.4 Å². The van der Waals surface area contributed by atoms with E-state index in [0.29, 0.717) is 0 Å². The molecule has 0 spiro atoms. The summed E-state index contributed by atoms with van der Waals surface area (Å²) in [5.41, 5.74) is 2.37. The Morgan fingerprint density at radius 3 is 1.69 bits per heavy atom. The molecule has 0 aromatic rings. The van der Waals surface area contributed by atoms with Gasteiger partial charge in [-0.3, -0.25) is 4.99 Å². The minimum absolute atomic E-state index is 0.0102. The summed E-state index contributed by atoms with van der Waals surface area (Å²) in [6, 6.07) is 0. The molecule has 0 amide bonds. The van der Waals surface area contributed by atoms with E-state index in [1.807, 2.05) is 12.2 Å². The van der Waals surface area contributed by atoms with Crippen molar-refractivity contribution in [3.05, 3.63) is 37.1 Å². The first-order chi connectivity index (χ1) is 7.14. The van der Waals surface area contributed by atoms with Crippen LogP contribution in [0.15, 0.2) is 42.1 Å². The zero-order chi connectivity index (χ0) is 13.0. The van der Waals surface area contributed by atoms with Crippen molar-refractivity contribution in [2.24, 2.45) is 15.8 Å². The summed E-state index contributed by atoms with van der Waals surface area (Å²) in [5.74, 6) is 0. The monoisotopic (exact) mass is 219 g/mol. The summed E-state index contributed by atoms with van der Waals surface area (Å²) in [4.78, 5) is 4.45. The first-order valence-corrected chi connectivity index (χ1v) is 5.67. The van der Waals surface area contributed by atoms with Crippen molar-refractivity contribution in [1.82, 2.24) is 0 Å². The normalized spacial score (nSPS) is 14.9. The molecule has 0 fully saturated rings. The van der Waals surface area contributed by atoms with Gasteiger partial charge in [0.1, 0.15) is 0 Å². The molecule has 1 nitrogen and oxygen atoms in total. The van der Waals surface area contributed by atoms with Crippen molar-refractivity contribution in [2.75, 3.05) is 0 Å². The highest BCUT2D eigenvalue weighted by Gasteiger charge is 2.28. The molecular formula is C15H25N. The lowest BCUT2D eigenvalue weighted by atomic mass is 9.74. The highest BCUT2D eigenvalue weighted by atomic mass is 14.7. The van der Waals surface area contributed by atoms with E-state index < -0.39 is 0 Å². The van der Waals surface area contributed by atoms with Crippen LogP contribution in [0.5, 0.6) is 0 Å². The molecule has 0 N–H and O–H groups in total. The van der Waals surface area contributed by atoms with E-state index >= 15 is 0 Å². The van der Waals surface area contributed by atoms with Gasteiger partial charge in [-0.15, -0.1) is 0 Å². The van der Waals surface area contributed by atoms with Gasteiger partial charge in [0.25, 0.3) is 0 Å². The third kappa shape index (κ3) is 4.18. The van der Waals surface area contributed by atoms with Crippen molar-refractivity contribution in [3.8, 4) is 0 Å². The van der Waals surface area contributed by atoms with Gasteiger partial charge in [-0.1, -0.05) is 66.9 Å². The Morgan fingerprint density at radius 1 is 0.938 bits per heavy atom. The molecule has 0 saturated heterocycles. The summed E-state index contributed by atoms with van der Waals surface area (Å²) in [6.45, 7) is 20.5. The number of nitrogens with zero attached hydrogens (tertiary/aromatic N) is 1. The largest absolute Gasteiger partial charge is 0.261 e. The fourth-order valence-corrected chi connectivity index (χ4v) is 1.56. The molecule has 1 heteroatoms. The summed E-state index contributed by atoms with van der Waals surface area (Å²) in [6.07, 6.45) is 5.49. The molecule has 0 radical (unpaired) electrons. The Balaban J connectivity index is 5.67. The molecule has 0 unspecified atom stereocenters. The highest BCUT2D eigenvalue weighted by Crippen LogP contribution is 2.33. The Labute approximate surface area is 101 Å². The number of hydrogen-bond donors (Lipinski definition) is 0. The quantitative estimate of drug-likeness (QED) is 0.478. The van der Waals surface area contributed by atoms with E-state index in [0.717, 1.165) is 5.71 Å². The van der Waals surface area contributed by atoms with Gasteiger partial charge in [-0.25, -0.2) is 0 Å². The maximum atomic E-state index is 4.45. The highest BCUT2D eigenvalue weighted by molar-refractivity contribution is 6.05. The van der Waals surface area contributed by atoms with Crippen molar-refractivity contribution < 1.29 is 0 Å². The van der Waals surface area contributed by atoms with Gasteiger partial charge in [-0.2, -0.15) is 0 Å². The average Bonchev–Trinajstić information content (AvgIpc) is 2.07. The van der Waals surface area contributed by atoms with Crippen LogP contribution in [0.4, 0.5) is 0 Å². The van der Waals surface area contributed by atoms with Crippen molar-refractivity contribution in [2.45, 2.75) is 41.5 Å². The molecule has 0 saturated carbocycles. The minimum atomic E-state index is 0.0102. The SMILES string of the molecule is C=C/C=C(\C(=N/C=C)C(C)(C)C)C(C)(C)C. The summed E-state index contributed by atoms with van der Waals surface area (Å²) >= 11 is 0. The predicted octanol–water partition coefficient (Wildman–Crippen LogP) is 4.78. The minimum Gasteiger partial charge on any atom is -0.261 e. The fourth-order valence-electron chi connectivity index (χ4n) is 1.56. The van der Waals surface area contributed by atoms with Crippen LogP contribution in [0.3, 0.4) is 0 Å². The molecule has 0 aliphatic carbocycles. The molecule has 0 aliphatic rings. The number of hydrogen-bond acceptors (Lipinski definition) is 1. The molecule has 0 atom stereocenters. The van der Waals surface area contributed by atoms with E-state index in [1.165, 1.54) is 5.57 Å². The molecule has 16 heavy (non-hydrogen) atoms. The Morgan fingerprint density at radius 2 is 1.44 bits per heavy atom. The van der Waals surface area contributed by atoms with E-state index in [-0.39, 0.29) is 10.8 Å². The van der Waals surface area contributed by atoms with Crippen LogP contribution in [-0.2, 0) is 0 Å². The van der Waals surface area contributed by atoms with Gasteiger partial charge in [-0.05, 0) is 11.0 Å². The van der Waals surface area contributed by atoms with Crippen LogP contribution in [-0.4, -0.2) is 5.71 Å². The van der Waals surface area contributed by atoms with E-state index in [2.05, 4.69) is 59.7 Å². The molecule has 0 aromatic heterocycles. The molecule has 0 aromatic carbocycles. The lowest BCUT2D eigenvalue weighted by molar-refractivity contribution is 0.501. The van der Waals surface area contributed by atoms with Gasteiger partial charge >= 0.3 is 0 Å². The van der Waals surface area contributed by atoms with Crippen LogP contribution in [0.2, 0.25) is 0 Å². The van der Waals surface area contributed by atoms with Gasteiger partial charge in [0.05, 0.1) is 0 Å². The van der Waals surface area contributed by atoms with Crippen LogP contribution in [0.1, 0.15) is 41.5 Å². The van der Waals surface area contributed by atoms with Crippen LogP contribution in [0, 0.1) is 10.8 Å². The summed E-state index contributed by atoms with van der Waals surface area (Å²) < 4.78 is 0. The molecule has 0 rings (SSSR count). The van der Waals surface area contributed by atoms with E-state index in [9.17, 15) is 0 Å². The standard InChI is InChI=1S/C15H25N/c1-9-11-12(14(3,4)5)13(16-10-2)15(6,7)8/h9-11H,1-2H2,3-8H3/b12-11+,16-13+. The summed E-state index contributed by atoms with van der Waals surface area (Å²) in [5, 5.41) is 0. The van der Waals surface area contributed by atoms with Crippen molar-refractivity contribution in [1.29, 1.82) is 0 Å². The second kappa shape index (κ2) is 5.29. The maximum absolute atomic E-state index is 4.45. The lowest BCUT2D eigenvalue weighted by Crippen LogP contribution is -2.28. The number of rotatable bonds is 3. The third-order valence-electron chi connectivity index (χ3n) is 2.28. The molecule has 0 bridgehead atoms. The van der Waals surface area contributed by atoms with Gasteiger partial charge < -0.3 is 0 Å². The van der Waals surface area contributed by atoms with Gasteiger partial charge in [0.2, 0.25) is 0 Å². The van der Waals surface area contributed by atoms with Crippen LogP contribution in [0.25, 0.3) is 0 Å². The summed E-state index contributed by atoms with van der Waals surface area (Å²) in [7, 11) is 0. The second-order valence-corrected chi connectivity index (χ2v) is 5.98. The van der Waals surface area contributed by atoms with Crippen LogP contribution < -0.4 is 0 Å². The molecular weight excluding hydrogens is 194 g/mol. The zero-order valence-corrected chi connectivity index (χ0v) is 11.6. The van der Waals surface area contributed by atoms with Gasteiger partial charge in [0.15, 0.2) is 0 Å². The first kappa shape index (κ1) is 14.9. The zero-order valence-electron chi connectivity index (χ0n) is 11.6. The maximum Gasteiger partial charge on any atom is 0.0494 e. The molecule has 0 aliphatic heterocycles.